The highest BCUT2D eigenvalue weighted by Gasteiger charge is 2.34. The first-order valence-electron chi connectivity index (χ1n) is 8.18. The van der Waals surface area contributed by atoms with E-state index in [0.717, 1.165) is 11.3 Å². The average Bonchev–Trinajstić information content (AvgIpc) is 2.92. The summed E-state index contributed by atoms with van der Waals surface area (Å²) in [7, 11) is -1.50. The van der Waals surface area contributed by atoms with Crippen molar-refractivity contribution in [2.75, 3.05) is 31.7 Å². The monoisotopic (exact) mass is 368 g/mol. The maximum Gasteiger partial charge on any atom is 0.239 e. The van der Waals surface area contributed by atoms with Crippen molar-refractivity contribution in [2.24, 2.45) is 0 Å². The van der Waals surface area contributed by atoms with E-state index in [2.05, 4.69) is 5.32 Å². The molecular weight excluding hydrogens is 344 g/mol. The Morgan fingerprint density at radius 2 is 1.96 bits per heavy atom. The molecule has 1 N–H and O–H groups in total. The van der Waals surface area contributed by atoms with Gasteiger partial charge in [-0.2, -0.15) is 0 Å². The average molecular weight is 368 g/mol. The quantitative estimate of drug-likeness (QED) is 0.752. The molecule has 1 atom stereocenters. The van der Waals surface area contributed by atoms with Crippen LogP contribution in [0.4, 0.5) is 0 Å². The van der Waals surface area contributed by atoms with Crippen molar-refractivity contribution in [3.05, 3.63) is 29.8 Å². The second-order valence-electron chi connectivity index (χ2n) is 6.15. The Bertz CT molecular complexity index is 715. The van der Waals surface area contributed by atoms with Gasteiger partial charge in [-0.25, -0.2) is 8.42 Å². The number of hydrogen-bond donors (Lipinski definition) is 1. The Morgan fingerprint density at radius 1 is 1.28 bits per heavy atom. The van der Waals surface area contributed by atoms with Crippen LogP contribution in [0.1, 0.15) is 18.9 Å². The highest BCUT2D eigenvalue weighted by Crippen LogP contribution is 2.17. The minimum atomic E-state index is -3.10. The van der Waals surface area contributed by atoms with Crippen molar-refractivity contribution in [2.45, 2.75) is 25.8 Å². The van der Waals surface area contributed by atoms with Gasteiger partial charge in [0.25, 0.3) is 0 Å². The van der Waals surface area contributed by atoms with Crippen molar-refractivity contribution >= 4 is 21.7 Å². The largest absolute Gasteiger partial charge is 0.497 e. The number of nitrogens with zero attached hydrogens (tertiary/aromatic N) is 1. The lowest BCUT2D eigenvalue weighted by molar-refractivity contribution is -0.136. The molecule has 2 rings (SSSR count). The fraction of sp³-hybridized carbons (Fsp3) is 0.529. The van der Waals surface area contributed by atoms with Crippen LogP contribution in [-0.2, 0) is 25.8 Å². The summed E-state index contributed by atoms with van der Waals surface area (Å²) in [5.74, 6) is 0.212. The van der Waals surface area contributed by atoms with Gasteiger partial charge in [-0.3, -0.25) is 9.59 Å². The van der Waals surface area contributed by atoms with E-state index in [1.165, 1.54) is 11.8 Å². The van der Waals surface area contributed by atoms with Gasteiger partial charge >= 0.3 is 0 Å². The lowest BCUT2D eigenvalue weighted by Gasteiger charge is -2.26. The van der Waals surface area contributed by atoms with E-state index >= 15 is 0 Å². The van der Waals surface area contributed by atoms with E-state index in [4.69, 9.17) is 4.74 Å². The van der Waals surface area contributed by atoms with Crippen LogP contribution in [0.25, 0.3) is 0 Å². The van der Waals surface area contributed by atoms with Crippen molar-refractivity contribution in [1.29, 1.82) is 0 Å². The summed E-state index contributed by atoms with van der Waals surface area (Å²) in [5.41, 5.74) is 1.06. The van der Waals surface area contributed by atoms with Gasteiger partial charge in [0.05, 0.1) is 25.2 Å². The van der Waals surface area contributed by atoms with Crippen LogP contribution in [0.2, 0.25) is 0 Å². The van der Waals surface area contributed by atoms with Gasteiger partial charge in [0.2, 0.25) is 11.8 Å². The van der Waals surface area contributed by atoms with Crippen LogP contribution < -0.4 is 10.1 Å². The van der Waals surface area contributed by atoms with Gasteiger partial charge in [-0.1, -0.05) is 12.1 Å². The molecule has 138 valence electrons. The van der Waals surface area contributed by atoms with Gasteiger partial charge in [-0.05, 0) is 30.5 Å². The number of carbonyl (C=O) groups is 2. The second kappa shape index (κ2) is 8.33. The Hall–Kier alpha value is -2.09. The topological polar surface area (TPSA) is 92.8 Å². The molecule has 8 heteroatoms. The molecule has 0 spiro atoms. The molecule has 1 saturated heterocycles. The Kier molecular flexibility index (Phi) is 6.41. The standard InChI is InChI=1S/C17H24N2O5S/c1-13(20)19(15-8-10-25(22,23)12-15)11-17(21)18-9-7-14-3-5-16(24-2)6-4-14/h3-6,15H,7-12H2,1-2H3,(H,18,21). The van der Waals surface area contributed by atoms with Crippen molar-refractivity contribution < 1.29 is 22.7 Å². The molecular formula is C17H24N2O5S. The summed E-state index contributed by atoms with van der Waals surface area (Å²) in [6.07, 6.45) is 1.05. The minimum absolute atomic E-state index is 0.0638. The molecule has 0 radical (unpaired) electrons. The van der Waals surface area contributed by atoms with E-state index in [-0.39, 0.29) is 29.9 Å². The molecule has 1 aliphatic rings. The first-order chi connectivity index (χ1) is 11.8. The third-order valence-electron chi connectivity index (χ3n) is 4.26. The first-order valence-corrected chi connectivity index (χ1v) is 10.00. The molecule has 0 saturated carbocycles. The summed E-state index contributed by atoms with van der Waals surface area (Å²) < 4.78 is 28.3. The van der Waals surface area contributed by atoms with Crippen molar-refractivity contribution in [3.63, 3.8) is 0 Å². The zero-order valence-corrected chi connectivity index (χ0v) is 15.3. The predicted octanol–water partition coefficient (Wildman–Crippen LogP) is 0.390. The number of benzene rings is 1. The lowest BCUT2D eigenvalue weighted by atomic mass is 10.1. The van der Waals surface area contributed by atoms with Gasteiger partial charge in [0, 0.05) is 19.5 Å². The number of hydrogen-bond acceptors (Lipinski definition) is 5. The Morgan fingerprint density at radius 3 is 2.48 bits per heavy atom. The summed E-state index contributed by atoms with van der Waals surface area (Å²) >= 11 is 0. The van der Waals surface area contributed by atoms with Gasteiger partial charge in [-0.15, -0.1) is 0 Å². The number of carbonyl (C=O) groups excluding carboxylic acids is 2. The zero-order valence-electron chi connectivity index (χ0n) is 14.5. The number of methoxy groups -OCH3 is 1. The Balaban J connectivity index is 1.81. The molecule has 1 heterocycles. The molecule has 1 unspecified atom stereocenters. The summed E-state index contributed by atoms with van der Waals surface area (Å²) in [6, 6.07) is 7.16. The number of amides is 2. The second-order valence-corrected chi connectivity index (χ2v) is 8.38. The van der Waals surface area contributed by atoms with Crippen LogP contribution in [0.15, 0.2) is 24.3 Å². The number of ether oxygens (including phenoxy) is 1. The molecule has 0 aliphatic carbocycles. The zero-order chi connectivity index (χ0) is 18.4. The van der Waals surface area contributed by atoms with Gasteiger partial charge < -0.3 is 15.0 Å². The molecule has 1 fully saturated rings. The number of sulfone groups is 1. The van der Waals surface area contributed by atoms with E-state index in [1.807, 2.05) is 24.3 Å². The SMILES string of the molecule is COc1ccc(CCNC(=O)CN(C(C)=O)C2CCS(=O)(=O)C2)cc1. The maximum absolute atomic E-state index is 12.1. The fourth-order valence-electron chi connectivity index (χ4n) is 2.87. The molecule has 7 nitrogen and oxygen atoms in total. The van der Waals surface area contributed by atoms with Gasteiger partial charge in [0.15, 0.2) is 9.84 Å². The van der Waals surface area contributed by atoms with Crippen LogP contribution in [0.5, 0.6) is 5.75 Å². The predicted molar refractivity (Wildman–Crippen MR) is 94.2 cm³/mol. The fourth-order valence-corrected chi connectivity index (χ4v) is 4.60. The molecule has 0 aromatic heterocycles. The molecule has 25 heavy (non-hydrogen) atoms. The molecule has 1 aliphatic heterocycles. The summed E-state index contributed by atoms with van der Waals surface area (Å²) in [6.45, 7) is 1.69. The summed E-state index contributed by atoms with van der Waals surface area (Å²) in [5, 5.41) is 2.78. The Labute approximate surface area is 148 Å². The van der Waals surface area contributed by atoms with Crippen LogP contribution >= 0.6 is 0 Å². The third kappa shape index (κ3) is 5.74. The molecule has 0 bridgehead atoms. The van der Waals surface area contributed by atoms with Crippen LogP contribution in [0.3, 0.4) is 0 Å². The minimum Gasteiger partial charge on any atom is -0.497 e. The summed E-state index contributed by atoms with van der Waals surface area (Å²) in [4.78, 5) is 25.2. The molecule has 1 aromatic rings. The first kappa shape index (κ1) is 19.2. The molecule has 1 aromatic carbocycles. The third-order valence-corrected chi connectivity index (χ3v) is 6.01. The van der Waals surface area contributed by atoms with Gasteiger partial charge in [0.1, 0.15) is 5.75 Å². The highest BCUT2D eigenvalue weighted by molar-refractivity contribution is 7.91. The van der Waals surface area contributed by atoms with Crippen molar-refractivity contribution in [1.82, 2.24) is 10.2 Å². The van der Waals surface area contributed by atoms with E-state index < -0.39 is 15.9 Å². The van der Waals surface area contributed by atoms with Crippen LogP contribution in [-0.4, -0.2) is 62.9 Å². The number of nitrogens with one attached hydrogen (secondary N) is 1. The number of rotatable bonds is 7. The van der Waals surface area contributed by atoms with Crippen molar-refractivity contribution in [3.8, 4) is 5.75 Å². The van der Waals surface area contributed by atoms with Crippen LogP contribution in [0, 0.1) is 0 Å². The van der Waals surface area contributed by atoms with E-state index in [0.29, 0.717) is 19.4 Å². The molecule has 2 amide bonds. The highest BCUT2D eigenvalue weighted by atomic mass is 32.2. The smallest absolute Gasteiger partial charge is 0.239 e. The maximum atomic E-state index is 12.1. The van der Waals surface area contributed by atoms with E-state index in [9.17, 15) is 18.0 Å². The van der Waals surface area contributed by atoms with E-state index in [1.54, 1.807) is 7.11 Å². The normalized spacial score (nSPS) is 18.6. The lowest BCUT2D eigenvalue weighted by Crippen LogP contribution is -2.46.